The van der Waals surface area contributed by atoms with E-state index >= 15 is 0 Å². The fourth-order valence-electron chi connectivity index (χ4n) is 5.24. The zero-order valence-electron chi connectivity index (χ0n) is 19.7. The third-order valence-electron chi connectivity index (χ3n) is 7.47. The van der Waals surface area contributed by atoms with Gasteiger partial charge in [0.2, 0.25) is 0 Å². The van der Waals surface area contributed by atoms with Crippen molar-refractivity contribution in [1.29, 1.82) is 0 Å². The van der Waals surface area contributed by atoms with Crippen LogP contribution in [0.3, 0.4) is 0 Å². The maximum absolute atomic E-state index is 6.00. The molecule has 0 amide bonds. The molecule has 1 saturated heterocycles. The normalized spacial score (nSPS) is 29.1. The highest BCUT2D eigenvalue weighted by molar-refractivity contribution is 5.64. The Bertz CT molecular complexity index is 792. The van der Waals surface area contributed by atoms with Crippen molar-refractivity contribution < 1.29 is 9.47 Å². The summed E-state index contributed by atoms with van der Waals surface area (Å²) >= 11 is 0. The Morgan fingerprint density at radius 3 is 1.97 bits per heavy atom. The number of rotatable bonds is 7. The summed E-state index contributed by atoms with van der Waals surface area (Å²) in [4.78, 5) is 0. The maximum Gasteiger partial charge on any atom is 0.191 e. The third kappa shape index (κ3) is 5.59. The smallest absolute Gasteiger partial charge is 0.191 e. The van der Waals surface area contributed by atoms with E-state index in [1.54, 1.807) is 0 Å². The topological polar surface area (TPSA) is 18.5 Å². The molecule has 2 fully saturated rings. The van der Waals surface area contributed by atoms with Crippen LogP contribution in [-0.2, 0) is 15.3 Å². The van der Waals surface area contributed by atoms with E-state index in [1.807, 2.05) is 6.92 Å². The molecule has 31 heavy (non-hydrogen) atoms. The second kappa shape index (κ2) is 10.3. The van der Waals surface area contributed by atoms with Crippen molar-refractivity contribution in [2.45, 2.75) is 83.8 Å². The second-order valence-corrected chi connectivity index (χ2v) is 10.1. The van der Waals surface area contributed by atoms with Crippen LogP contribution in [0.2, 0.25) is 0 Å². The Balaban J connectivity index is 1.34. The molecule has 0 radical (unpaired) electrons. The lowest BCUT2D eigenvalue weighted by molar-refractivity contribution is -0.279. The van der Waals surface area contributed by atoms with Gasteiger partial charge >= 0.3 is 0 Å². The van der Waals surface area contributed by atoms with Gasteiger partial charge in [0.1, 0.15) is 0 Å². The minimum absolute atomic E-state index is 0.460. The zero-order valence-corrected chi connectivity index (χ0v) is 19.7. The van der Waals surface area contributed by atoms with E-state index in [4.69, 9.17) is 9.47 Å². The molecule has 0 bridgehead atoms. The predicted octanol–water partition coefficient (Wildman–Crippen LogP) is 8.06. The molecule has 0 aromatic heterocycles. The van der Waals surface area contributed by atoms with E-state index in [0.717, 1.165) is 30.6 Å². The van der Waals surface area contributed by atoms with Crippen LogP contribution in [-0.4, -0.2) is 13.2 Å². The molecule has 168 valence electrons. The van der Waals surface area contributed by atoms with E-state index < -0.39 is 5.79 Å². The number of benzene rings is 2. The lowest BCUT2D eigenvalue weighted by Crippen LogP contribution is -2.38. The minimum atomic E-state index is -0.621. The van der Waals surface area contributed by atoms with Crippen LogP contribution in [0.25, 0.3) is 11.1 Å². The Hall–Kier alpha value is -1.64. The first-order chi connectivity index (χ1) is 15.1. The molecule has 0 atom stereocenters. The average Bonchev–Trinajstić information content (AvgIpc) is 2.82. The van der Waals surface area contributed by atoms with Crippen molar-refractivity contribution in [3.8, 4) is 11.1 Å². The molecule has 4 rings (SSSR count). The third-order valence-corrected chi connectivity index (χ3v) is 7.47. The first-order valence-corrected chi connectivity index (χ1v) is 12.6. The van der Waals surface area contributed by atoms with Gasteiger partial charge in [-0.05, 0) is 61.1 Å². The molecule has 1 saturated carbocycles. The van der Waals surface area contributed by atoms with Crippen molar-refractivity contribution in [3.63, 3.8) is 0 Å². The summed E-state index contributed by atoms with van der Waals surface area (Å²) in [5.74, 6) is 1.57. The van der Waals surface area contributed by atoms with E-state index in [-0.39, 0.29) is 0 Å². The summed E-state index contributed by atoms with van der Waals surface area (Å²) in [7, 11) is 0. The van der Waals surface area contributed by atoms with Gasteiger partial charge in [0.15, 0.2) is 5.79 Å². The summed E-state index contributed by atoms with van der Waals surface area (Å²) in [5, 5.41) is 0. The molecular formula is C29H40O2. The van der Waals surface area contributed by atoms with Crippen LogP contribution in [0, 0.1) is 11.8 Å². The fraction of sp³-hybridized carbons (Fsp3) is 0.586. The lowest BCUT2D eigenvalue weighted by Gasteiger charge is -2.37. The highest BCUT2D eigenvalue weighted by atomic mass is 16.7. The van der Waals surface area contributed by atoms with Crippen molar-refractivity contribution in [1.82, 2.24) is 0 Å². The van der Waals surface area contributed by atoms with Crippen LogP contribution in [0.5, 0.6) is 0 Å². The Kier molecular flexibility index (Phi) is 7.51. The molecule has 0 N–H and O–H groups in total. The van der Waals surface area contributed by atoms with Crippen molar-refractivity contribution >= 4 is 0 Å². The molecule has 2 aliphatic rings. The van der Waals surface area contributed by atoms with Crippen LogP contribution < -0.4 is 0 Å². The monoisotopic (exact) mass is 420 g/mol. The van der Waals surface area contributed by atoms with Gasteiger partial charge in [0, 0.05) is 11.5 Å². The van der Waals surface area contributed by atoms with Crippen molar-refractivity contribution in [3.05, 3.63) is 59.7 Å². The SMILES string of the molecule is CCCCC[C@H]1CC[C@H](c2ccc(-c3ccc([C@]4(C)OC[C@@H](C)CO4)cc3)cc2)CC1. The highest BCUT2D eigenvalue weighted by Gasteiger charge is 2.33. The van der Waals surface area contributed by atoms with Crippen LogP contribution in [0.4, 0.5) is 0 Å². The van der Waals surface area contributed by atoms with Crippen LogP contribution in [0.1, 0.15) is 89.2 Å². The molecule has 2 aromatic carbocycles. The van der Waals surface area contributed by atoms with Gasteiger partial charge in [0.05, 0.1) is 13.2 Å². The summed E-state index contributed by atoms with van der Waals surface area (Å²) < 4.78 is 12.0. The predicted molar refractivity (Wildman–Crippen MR) is 129 cm³/mol. The number of unbranched alkanes of at least 4 members (excludes halogenated alkanes) is 2. The van der Waals surface area contributed by atoms with E-state index in [2.05, 4.69) is 62.4 Å². The minimum Gasteiger partial charge on any atom is -0.346 e. The summed E-state index contributed by atoms with van der Waals surface area (Å²) in [6, 6.07) is 18.0. The fourth-order valence-corrected chi connectivity index (χ4v) is 5.24. The van der Waals surface area contributed by atoms with E-state index in [9.17, 15) is 0 Å². The van der Waals surface area contributed by atoms with Crippen LogP contribution in [0.15, 0.2) is 48.5 Å². The average molecular weight is 421 g/mol. The Morgan fingerprint density at radius 2 is 1.39 bits per heavy atom. The van der Waals surface area contributed by atoms with Gasteiger partial charge in [-0.2, -0.15) is 0 Å². The number of hydrogen-bond donors (Lipinski definition) is 0. The van der Waals surface area contributed by atoms with Gasteiger partial charge in [0.25, 0.3) is 0 Å². The molecule has 2 aromatic rings. The molecule has 2 nitrogen and oxygen atoms in total. The Morgan fingerprint density at radius 1 is 0.806 bits per heavy atom. The standard InChI is InChI=1S/C29H40O2/c1-4-5-6-7-23-8-10-24(11-9-23)25-12-14-26(15-13-25)27-16-18-28(19-17-27)29(3)30-20-22(2)21-31-29/h12-19,22-24H,4-11,20-21H2,1-3H3/t22-,23-,24-,29-. The van der Waals surface area contributed by atoms with Crippen molar-refractivity contribution in [2.75, 3.05) is 13.2 Å². The van der Waals surface area contributed by atoms with Crippen molar-refractivity contribution in [2.24, 2.45) is 11.8 Å². The molecule has 1 aliphatic heterocycles. The highest BCUT2D eigenvalue weighted by Crippen LogP contribution is 2.38. The molecule has 2 heteroatoms. The summed E-state index contributed by atoms with van der Waals surface area (Å²) in [6.45, 7) is 7.99. The Labute approximate surface area is 189 Å². The molecule has 1 heterocycles. The summed E-state index contributed by atoms with van der Waals surface area (Å²) in [6.07, 6.45) is 11.2. The van der Waals surface area contributed by atoms with E-state index in [1.165, 1.54) is 68.1 Å². The molecule has 1 aliphatic carbocycles. The second-order valence-electron chi connectivity index (χ2n) is 10.1. The largest absolute Gasteiger partial charge is 0.346 e. The first kappa shape index (κ1) is 22.6. The van der Waals surface area contributed by atoms with Gasteiger partial charge in [-0.15, -0.1) is 0 Å². The number of hydrogen-bond acceptors (Lipinski definition) is 2. The number of ether oxygens (including phenoxy) is 2. The molecule has 0 unspecified atom stereocenters. The van der Waals surface area contributed by atoms with Crippen LogP contribution >= 0.6 is 0 Å². The molecular weight excluding hydrogens is 380 g/mol. The zero-order chi connectivity index (χ0) is 21.7. The van der Waals surface area contributed by atoms with Gasteiger partial charge in [-0.3, -0.25) is 0 Å². The maximum atomic E-state index is 6.00. The quantitative estimate of drug-likeness (QED) is 0.422. The van der Waals surface area contributed by atoms with Gasteiger partial charge in [-0.1, -0.05) is 88.1 Å². The van der Waals surface area contributed by atoms with Gasteiger partial charge < -0.3 is 9.47 Å². The molecule has 0 spiro atoms. The first-order valence-electron chi connectivity index (χ1n) is 12.6. The van der Waals surface area contributed by atoms with E-state index in [0.29, 0.717) is 5.92 Å². The van der Waals surface area contributed by atoms with Gasteiger partial charge in [-0.25, -0.2) is 0 Å². The lowest BCUT2D eigenvalue weighted by atomic mass is 9.77. The summed E-state index contributed by atoms with van der Waals surface area (Å²) in [5.41, 5.74) is 5.16.